The standard InChI is InChI=1S/C24H26ClN5O.C23H26ClN5O.C22H20ClN5O2.C22H21ClN4O3S/c1-17-19(8-10-23(28-17)27-12-15-30-13-4-5-14-30)24(31)29-18-7-9-21(25)20(16-18)22-6-2-3-11-26-22;1-16-18(9-11-22(26-16)29(4)14-13-28(2)3)23(30)27-17-8-10-20(24)19(15-17)21-7-5-6-12-25-21;1-14-16(6-8-20(26-14)28-11-10-25-21(29)13-28)22(30)27-15-5-7-18(23)17(12-15)19-4-2-3-9-24-19;1-15-17(6-8-21(25-15)27-10-12-31(29,30)13-11-27)22(28)26-16-5-7-19(23)18(14-16)20-4-2-3-9-24-20/h2-3,6-11,16H,4-5,12-15H2,1H3,(H,27,28)(H,29,31);5-12,15H,13-14H2,1-4H3,(H,27,30);2-9,12H,10-11,13H2,1H3,(H,25,29)(H,27,30);2-9,14H,10-13H2,1H3,(H,26,28). The van der Waals surface area contributed by atoms with E-state index in [-0.39, 0.29) is 47.6 Å². The molecule has 26 nitrogen and oxygen atoms in total. The number of nitrogens with zero attached hydrogens (tertiary/aromatic N) is 13. The Morgan fingerprint density at radius 1 is 0.434 bits per heavy atom. The number of carbonyl (C=O) groups is 5. The van der Waals surface area contributed by atoms with Gasteiger partial charge in [0, 0.05) is 129 Å². The molecule has 0 saturated carbocycles. The Balaban J connectivity index is 0.000000149. The number of benzene rings is 4. The molecular weight excluding hydrogens is 1650 g/mol. The molecule has 0 atom stereocenters. The van der Waals surface area contributed by atoms with E-state index in [9.17, 15) is 32.4 Å². The first-order valence-corrected chi connectivity index (χ1v) is 42.9. The number of carbonyl (C=O) groups excluding carboxylic acids is 5. The van der Waals surface area contributed by atoms with E-state index in [0.717, 1.165) is 77.2 Å². The third-order valence-electron chi connectivity index (χ3n) is 20.2. The summed E-state index contributed by atoms with van der Waals surface area (Å²) in [6.45, 7) is 15.6. The number of likely N-dealkylation sites (tertiary alicyclic amines) is 1. The Hall–Kier alpha value is -12.3. The highest BCUT2D eigenvalue weighted by Crippen LogP contribution is 2.35. The summed E-state index contributed by atoms with van der Waals surface area (Å²) in [5, 5.41) is 20.1. The van der Waals surface area contributed by atoms with Crippen molar-refractivity contribution in [1.29, 1.82) is 0 Å². The van der Waals surface area contributed by atoms with E-state index in [2.05, 4.69) is 86.5 Å². The van der Waals surface area contributed by atoms with Crippen LogP contribution in [0.5, 0.6) is 0 Å². The molecular formula is C91H93Cl4N19O7S. The first kappa shape index (κ1) is 88.9. The van der Waals surface area contributed by atoms with Gasteiger partial charge in [0.25, 0.3) is 23.6 Å². The van der Waals surface area contributed by atoms with Crippen LogP contribution in [0.2, 0.25) is 20.1 Å². The number of aromatic nitrogens is 8. The number of amides is 5. The quantitative estimate of drug-likeness (QED) is 0.0367. The monoisotopic (exact) mass is 1740 g/mol. The second-order valence-corrected chi connectivity index (χ2v) is 33.2. The number of halogens is 4. The number of likely N-dealkylation sites (N-methyl/N-ethyl adjacent to an activating group) is 2. The zero-order chi connectivity index (χ0) is 86.4. The molecule has 5 amide bonds. The van der Waals surface area contributed by atoms with Crippen molar-refractivity contribution >= 4 is 132 Å². The predicted octanol–water partition coefficient (Wildman–Crippen LogP) is 16.1. The van der Waals surface area contributed by atoms with E-state index in [0.29, 0.717) is 131 Å². The lowest BCUT2D eigenvalue weighted by molar-refractivity contribution is -0.120. The van der Waals surface area contributed by atoms with Crippen LogP contribution < -0.4 is 46.6 Å². The Morgan fingerprint density at radius 2 is 0.811 bits per heavy atom. The lowest BCUT2D eigenvalue weighted by atomic mass is 10.1. The molecule has 11 heterocycles. The second-order valence-electron chi connectivity index (χ2n) is 29.3. The summed E-state index contributed by atoms with van der Waals surface area (Å²) in [7, 11) is 3.11. The first-order chi connectivity index (χ1) is 58.8. The van der Waals surface area contributed by atoms with Gasteiger partial charge in [-0.25, -0.2) is 28.4 Å². The highest BCUT2D eigenvalue weighted by molar-refractivity contribution is 7.91. The number of nitrogens with one attached hydrogen (secondary N) is 6. The van der Waals surface area contributed by atoms with Crippen LogP contribution in [0.25, 0.3) is 45.0 Å². The zero-order valence-electron chi connectivity index (χ0n) is 68.5. The van der Waals surface area contributed by atoms with E-state index in [1.807, 2.05) is 154 Å². The number of hydrogen-bond acceptors (Lipinski definition) is 21. The largest absolute Gasteiger partial charge is 0.369 e. The average Bonchev–Trinajstić information content (AvgIpc) is 0.832. The van der Waals surface area contributed by atoms with Crippen molar-refractivity contribution in [2.45, 2.75) is 40.5 Å². The van der Waals surface area contributed by atoms with Crippen molar-refractivity contribution in [3.05, 3.63) is 284 Å². The molecule has 0 spiro atoms. The van der Waals surface area contributed by atoms with Crippen molar-refractivity contribution in [3.63, 3.8) is 0 Å². The number of pyridine rings is 8. The van der Waals surface area contributed by atoms with Crippen LogP contribution in [0.4, 0.5) is 46.0 Å². The van der Waals surface area contributed by atoms with Crippen LogP contribution in [-0.2, 0) is 14.6 Å². The van der Waals surface area contributed by atoms with Crippen LogP contribution in [0, 0.1) is 27.7 Å². The number of sulfone groups is 1. The van der Waals surface area contributed by atoms with Crippen LogP contribution in [-0.4, -0.2) is 192 Å². The van der Waals surface area contributed by atoms with Gasteiger partial charge < -0.3 is 56.4 Å². The summed E-state index contributed by atoms with van der Waals surface area (Å²) in [4.78, 5) is 109. The second kappa shape index (κ2) is 42.2. The van der Waals surface area contributed by atoms with Gasteiger partial charge in [0.05, 0.1) is 106 Å². The Labute approximate surface area is 729 Å². The summed E-state index contributed by atoms with van der Waals surface area (Å²) in [5.74, 6) is 2.22. The molecule has 3 aliphatic heterocycles. The summed E-state index contributed by atoms with van der Waals surface area (Å²) in [6.07, 6.45) is 9.39. The molecule has 628 valence electrons. The molecule has 3 fully saturated rings. The normalized spacial score (nSPS) is 13.5. The first-order valence-electron chi connectivity index (χ1n) is 39.6. The van der Waals surface area contributed by atoms with E-state index in [1.165, 1.54) is 25.9 Å². The van der Waals surface area contributed by atoms with Gasteiger partial charge in [-0.3, -0.25) is 43.9 Å². The third-order valence-corrected chi connectivity index (χ3v) is 23.1. The molecule has 0 aliphatic carbocycles. The average molecular weight is 1740 g/mol. The van der Waals surface area contributed by atoms with Crippen molar-refractivity contribution in [3.8, 4) is 45.0 Å². The summed E-state index contributed by atoms with van der Waals surface area (Å²) in [6, 6.07) is 58.0. The smallest absolute Gasteiger partial charge is 0.257 e. The Kier molecular flexibility index (Phi) is 30.8. The molecule has 3 saturated heterocycles. The fourth-order valence-electron chi connectivity index (χ4n) is 13.5. The van der Waals surface area contributed by atoms with Gasteiger partial charge in [-0.1, -0.05) is 70.7 Å². The Morgan fingerprint density at radius 3 is 1.17 bits per heavy atom. The molecule has 122 heavy (non-hydrogen) atoms. The fraction of sp³-hybridized carbons (Fsp3) is 0.242. The molecule has 3 aliphatic rings. The molecule has 8 aromatic heterocycles. The highest BCUT2D eigenvalue weighted by Gasteiger charge is 2.26. The third kappa shape index (κ3) is 24.5. The van der Waals surface area contributed by atoms with E-state index in [1.54, 1.807) is 124 Å². The number of aryl methyl sites for hydroxylation is 4. The van der Waals surface area contributed by atoms with Crippen LogP contribution in [0.15, 0.2) is 219 Å². The van der Waals surface area contributed by atoms with Gasteiger partial charge in [0.15, 0.2) is 9.84 Å². The predicted molar refractivity (Wildman–Crippen MR) is 489 cm³/mol. The SMILES string of the molecule is Cc1nc(N(C)CCN(C)C)ccc1C(=O)Nc1ccc(Cl)c(-c2ccccn2)c1.Cc1nc(N2CCNC(=O)C2)ccc1C(=O)Nc1ccc(Cl)c(-c2ccccn2)c1.Cc1nc(N2CCS(=O)(=O)CC2)ccc1C(=O)Nc1ccc(Cl)c(-c2ccccn2)c1.Cc1nc(NCCN2CCCC2)ccc1C(=O)Nc1ccc(Cl)c(-c2ccccn2)c1. The van der Waals surface area contributed by atoms with Crippen LogP contribution >= 0.6 is 46.4 Å². The molecule has 0 bridgehead atoms. The van der Waals surface area contributed by atoms with Crippen molar-refractivity contribution in [2.24, 2.45) is 0 Å². The maximum absolute atomic E-state index is 12.8. The minimum absolute atomic E-state index is 0.0334. The number of anilines is 8. The molecule has 4 aromatic carbocycles. The maximum Gasteiger partial charge on any atom is 0.257 e. The van der Waals surface area contributed by atoms with Crippen molar-refractivity contribution < 1.29 is 32.4 Å². The molecule has 31 heteroatoms. The van der Waals surface area contributed by atoms with Crippen LogP contribution in [0.3, 0.4) is 0 Å². The summed E-state index contributed by atoms with van der Waals surface area (Å²) < 4.78 is 23.3. The van der Waals surface area contributed by atoms with Crippen molar-refractivity contribution in [1.82, 2.24) is 55.0 Å². The van der Waals surface area contributed by atoms with E-state index < -0.39 is 9.84 Å². The fourth-order valence-corrected chi connectivity index (χ4v) is 15.6. The highest BCUT2D eigenvalue weighted by atomic mass is 35.5. The summed E-state index contributed by atoms with van der Waals surface area (Å²) in [5.41, 5.74) is 13.0. The molecule has 6 N–H and O–H groups in total. The van der Waals surface area contributed by atoms with Crippen molar-refractivity contribution in [2.75, 3.05) is 146 Å². The van der Waals surface area contributed by atoms with Gasteiger partial charge >= 0.3 is 0 Å². The Bertz CT molecular complexity index is 5810. The van der Waals surface area contributed by atoms with Gasteiger partial charge in [-0.2, -0.15) is 0 Å². The number of rotatable bonds is 22. The van der Waals surface area contributed by atoms with Gasteiger partial charge in [0.1, 0.15) is 23.3 Å². The minimum Gasteiger partial charge on any atom is -0.369 e. The number of piperazine rings is 1. The topological polar surface area (TPSA) is 311 Å². The summed E-state index contributed by atoms with van der Waals surface area (Å²) >= 11 is 25.3. The molecule has 0 radical (unpaired) electrons. The van der Waals surface area contributed by atoms with Crippen LogP contribution in [0.1, 0.15) is 77.0 Å². The lowest BCUT2D eigenvalue weighted by Crippen LogP contribution is -2.48. The van der Waals surface area contributed by atoms with Gasteiger partial charge in [-0.15, -0.1) is 0 Å². The minimum atomic E-state index is -2.96. The number of hydrogen-bond donors (Lipinski definition) is 6. The molecule has 12 aromatic rings. The van der Waals surface area contributed by atoms with Gasteiger partial charge in [-0.05, 0) is 238 Å². The van der Waals surface area contributed by atoms with E-state index >= 15 is 0 Å². The molecule has 15 rings (SSSR count). The molecule has 0 unspecified atom stereocenters. The maximum atomic E-state index is 12.8. The van der Waals surface area contributed by atoms with E-state index in [4.69, 9.17) is 46.4 Å². The van der Waals surface area contributed by atoms with Gasteiger partial charge in [0.2, 0.25) is 5.91 Å². The zero-order valence-corrected chi connectivity index (χ0v) is 72.3. The lowest BCUT2D eigenvalue weighted by Gasteiger charge is -2.28.